The van der Waals surface area contributed by atoms with Crippen LogP contribution in [-0.4, -0.2) is 30.8 Å². The number of sulfonamides is 1. The largest absolute Gasteiger partial charge is 0.326 e. The molecule has 1 fully saturated rings. The van der Waals surface area contributed by atoms with Gasteiger partial charge in [-0.2, -0.15) is 4.31 Å². The van der Waals surface area contributed by atoms with E-state index in [1.165, 1.54) is 16.6 Å². The Hall–Kier alpha value is -0.850. The highest BCUT2D eigenvalue weighted by Crippen LogP contribution is 2.25. The van der Waals surface area contributed by atoms with E-state index in [-0.39, 0.29) is 9.92 Å². The fourth-order valence-electron chi connectivity index (χ4n) is 2.81. The lowest BCUT2D eigenvalue weighted by Gasteiger charge is -2.20. The van der Waals surface area contributed by atoms with Gasteiger partial charge < -0.3 is 4.98 Å². The van der Waals surface area contributed by atoms with Crippen LogP contribution in [0.15, 0.2) is 22.0 Å². The second-order valence-corrected chi connectivity index (χ2v) is 7.85. The Kier molecular flexibility index (Phi) is 5.46. The molecule has 1 unspecified atom stereocenters. The zero-order valence-corrected chi connectivity index (χ0v) is 13.7. The predicted octanol–water partition coefficient (Wildman–Crippen LogP) is 2.62. The lowest BCUT2D eigenvalue weighted by Crippen LogP contribution is -2.32. The first-order valence-corrected chi connectivity index (χ1v) is 9.15. The molecule has 0 spiro atoms. The summed E-state index contributed by atoms with van der Waals surface area (Å²) >= 11 is 5.73. The third-order valence-electron chi connectivity index (χ3n) is 3.97. The summed E-state index contributed by atoms with van der Waals surface area (Å²) in [5.41, 5.74) is -0.477. The van der Waals surface area contributed by atoms with E-state index in [0.29, 0.717) is 19.0 Å². The van der Waals surface area contributed by atoms with E-state index in [1.807, 2.05) is 0 Å². The van der Waals surface area contributed by atoms with Crippen LogP contribution in [0.25, 0.3) is 0 Å². The molecule has 1 atom stereocenters. The van der Waals surface area contributed by atoms with Crippen LogP contribution in [0.4, 0.5) is 0 Å². The summed E-state index contributed by atoms with van der Waals surface area (Å²) in [4.78, 5) is 13.7. The maximum Gasteiger partial charge on any atom is 0.266 e. The van der Waals surface area contributed by atoms with Crippen LogP contribution >= 0.6 is 11.6 Å². The van der Waals surface area contributed by atoms with Gasteiger partial charge in [0.05, 0.1) is 4.90 Å². The van der Waals surface area contributed by atoms with Gasteiger partial charge in [-0.25, -0.2) is 8.42 Å². The maximum atomic E-state index is 12.6. The molecule has 1 aromatic rings. The zero-order chi connectivity index (χ0) is 15.5. The standard InChI is InChI=1S/C14H21ClN2O3S/c1-2-4-11-5-3-7-17(8-6-11)21(19,20)12-9-13(15)14(18)16-10-12/h9-11H,2-8H2,1H3,(H,16,18). The molecule has 21 heavy (non-hydrogen) atoms. The molecule has 0 radical (unpaired) electrons. The molecule has 2 heterocycles. The number of rotatable bonds is 4. The first-order valence-electron chi connectivity index (χ1n) is 7.33. The van der Waals surface area contributed by atoms with Gasteiger partial charge in [-0.15, -0.1) is 0 Å². The van der Waals surface area contributed by atoms with E-state index in [9.17, 15) is 13.2 Å². The molecule has 1 N–H and O–H groups in total. The molecule has 0 bridgehead atoms. The van der Waals surface area contributed by atoms with Gasteiger partial charge in [0.15, 0.2) is 0 Å². The van der Waals surface area contributed by atoms with Crippen molar-refractivity contribution in [1.29, 1.82) is 0 Å². The molecule has 5 nitrogen and oxygen atoms in total. The van der Waals surface area contributed by atoms with Gasteiger partial charge in [0.25, 0.3) is 5.56 Å². The Morgan fingerprint density at radius 3 is 2.81 bits per heavy atom. The molecule has 0 saturated carbocycles. The summed E-state index contributed by atoms with van der Waals surface area (Å²) in [5.74, 6) is 0.606. The quantitative estimate of drug-likeness (QED) is 0.921. The van der Waals surface area contributed by atoms with Gasteiger partial charge in [0.1, 0.15) is 5.02 Å². The third kappa shape index (κ3) is 3.87. The van der Waals surface area contributed by atoms with E-state index >= 15 is 0 Å². The number of halogens is 1. The molecule has 0 aromatic carbocycles. The summed E-state index contributed by atoms with van der Waals surface area (Å²) in [5, 5.41) is -0.102. The maximum absolute atomic E-state index is 12.6. The summed E-state index contributed by atoms with van der Waals surface area (Å²) < 4.78 is 26.7. The molecule has 1 aliphatic heterocycles. The number of aromatic nitrogens is 1. The first-order chi connectivity index (χ1) is 9.95. The molecule has 0 amide bonds. The van der Waals surface area contributed by atoms with Crippen molar-refractivity contribution >= 4 is 21.6 Å². The van der Waals surface area contributed by atoms with E-state index in [4.69, 9.17) is 11.6 Å². The summed E-state index contributed by atoms with van der Waals surface area (Å²) in [6, 6.07) is 1.23. The average Bonchev–Trinajstić information content (AvgIpc) is 2.68. The molecular formula is C14H21ClN2O3S. The molecule has 7 heteroatoms. The van der Waals surface area contributed by atoms with Crippen molar-refractivity contribution in [2.75, 3.05) is 13.1 Å². The Morgan fingerprint density at radius 2 is 2.14 bits per heavy atom. The number of aromatic amines is 1. The summed E-state index contributed by atoms with van der Waals surface area (Å²) in [6.45, 7) is 3.21. The number of pyridine rings is 1. The van der Waals surface area contributed by atoms with Crippen LogP contribution in [0.2, 0.25) is 5.02 Å². The molecule has 118 valence electrons. The van der Waals surface area contributed by atoms with Crippen LogP contribution < -0.4 is 5.56 Å². The van der Waals surface area contributed by atoms with Crippen molar-refractivity contribution in [3.05, 3.63) is 27.6 Å². The van der Waals surface area contributed by atoms with Gasteiger partial charge in [-0.05, 0) is 31.2 Å². The van der Waals surface area contributed by atoms with Crippen LogP contribution in [0.5, 0.6) is 0 Å². The minimum Gasteiger partial charge on any atom is -0.326 e. The minimum atomic E-state index is -3.58. The van der Waals surface area contributed by atoms with Crippen molar-refractivity contribution in [3.63, 3.8) is 0 Å². The number of hydrogen-bond acceptors (Lipinski definition) is 3. The minimum absolute atomic E-state index is 0.0565. The topological polar surface area (TPSA) is 70.2 Å². The van der Waals surface area contributed by atoms with Gasteiger partial charge in [0.2, 0.25) is 10.0 Å². The molecule has 1 aliphatic rings. The fraction of sp³-hybridized carbons (Fsp3) is 0.643. The van der Waals surface area contributed by atoms with E-state index in [0.717, 1.165) is 32.1 Å². The van der Waals surface area contributed by atoms with Crippen molar-refractivity contribution in [3.8, 4) is 0 Å². The molecule has 0 aliphatic carbocycles. The smallest absolute Gasteiger partial charge is 0.266 e. The average molecular weight is 333 g/mol. The Morgan fingerprint density at radius 1 is 1.38 bits per heavy atom. The number of nitrogens with zero attached hydrogens (tertiary/aromatic N) is 1. The molecule has 2 rings (SSSR count). The number of nitrogens with one attached hydrogen (secondary N) is 1. The highest BCUT2D eigenvalue weighted by atomic mass is 35.5. The van der Waals surface area contributed by atoms with Crippen molar-refractivity contribution < 1.29 is 8.42 Å². The Balaban J connectivity index is 2.19. The zero-order valence-electron chi connectivity index (χ0n) is 12.1. The van der Waals surface area contributed by atoms with Crippen LogP contribution in [-0.2, 0) is 10.0 Å². The van der Waals surface area contributed by atoms with E-state index in [1.54, 1.807) is 0 Å². The second-order valence-electron chi connectivity index (χ2n) is 5.50. The fourth-order valence-corrected chi connectivity index (χ4v) is 4.54. The van der Waals surface area contributed by atoms with Crippen LogP contribution in [0, 0.1) is 5.92 Å². The number of hydrogen-bond donors (Lipinski definition) is 1. The highest BCUT2D eigenvalue weighted by molar-refractivity contribution is 7.89. The van der Waals surface area contributed by atoms with Gasteiger partial charge in [0, 0.05) is 19.3 Å². The summed E-state index contributed by atoms with van der Waals surface area (Å²) in [7, 11) is -3.58. The summed E-state index contributed by atoms with van der Waals surface area (Å²) in [6.07, 6.45) is 6.35. The monoisotopic (exact) mass is 332 g/mol. The third-order valence-corrected chi connectivity index (χ3v) is 6.13. The lowest BCUT2D eigenvalue weighted by atomic mass is 9.96. The Labute approximate surface area is 130 Å². The molecule has 1 aromatic heterocycles. The van der Waals surface area contributed by atoms with Gasteiger partial charge in [-0.1, -0.05) is 31.4 Å². The normalized spacial score (nSPS) is 21.1. The van der Waals surface area contributed by atoms with Crippen molar-refractivity contribution in [2.24, 2.45) is 5.92 Å². The van der Waals surface area contributed by atoms with E-state index < -0.39 is 15.6 Å². The second kappa shape index (κ2) is 6.94. The lowest BCUT2D eigenvalue weighted by molar-refractivity contribution is 0.400. The Bertz CT molecular complexity index is 642. The molecular weight excluding hydrogens is 312 g/mol. The van der Waals surface area contributed by atoms with Crippen molar-refractivity contribution in [1.82, 2.24) is 9.29 Å². The van der Waals surface area contributed by atoms with E-state index in [2.05, 4.69) is 11.9 Å². The number of H-pyrrole nitrogens is 1. The van der Waals surface area contributed by atoms with Crippen LogP contribution in [0.3, 0.4) is 0 Å². The van der Waals surface area contributed by atoms with Crippen LogP contribution in [0.1, 0.15) is 39.0 Å². The SMILES string of the molecule is CCCC1CCCN(S(=O)(=O)c2c[nH]c(=O)c(Cl)c2)CC1. The predicted molar refractivity (Wildman–Crippen MR) is 83.1 cm³/mol. The van der Waals surface area contributed by atoms with Gasteiger partial charge in [-0.3, -0.25) is 4.79 Å². The van der Waals surface area contributed by atoms with Gasteiger partial charge >= 0.3 is 0 Å². The first kappa shape index (κ1) is 16.5. The highest BCUT2D eigenvalue weighted by Gasteiger charge is 2.27. The van der Waals surface area contributed by atoms with Crippen molar-refractivity contribution in [2.45, 2.75) is 43.9 Å². The molecule has 1 saturated heterocycles.